The van der Waals surface area contributed by atoms with Crippen LogP contribution in [0.1, 0.15) is 257 Å². The second-order valence-corrected chi connectivity index (χ2v) is 34.9. The number of hydrogen-bond donors (Lipinski definition) is 5. The van der Waals surface area contributed by atoms with Gasteiger partial charge in [0.2, 0.25) is 11.8 Å². The molecule has 8 aliphatic heterocycles. The topological polar surface area (TPSA) is 227 Å². The largest absolute Gasteiger partial charge is 0.444 e. The zero-order valence-electron chi connectivity index (χ0n) is 67.1. The first kappa shape index (κ1) is 87.6. The molecule has 8 N–H and O–H groups in total. The average molecular weight is 1390 g/mol. The van der Waals surface area contributed by atoms with Gasteiger partial charge in [0.1, 0.15) is 5.60 Å². The number of piperidine rings is 7. The minimum absolute atomic E-state index is 0.0629. The molecule has 0 bridgehead atoms. The van der Waals surface area contributed by atoms with Gasteiger partial charge in [-0.05, 0) is 312 Å². The molecule has 20 heteroatoms. The maximum absolute atomic E-state index is 11.7. The Bertz CT molecular complexity index is 2500. The highest BCUT2D eigenvalue weighted by atomic mass is 16.6. The lowest BCUT2D eigenvalue weighted by molar-refractivity contribution is -0.124. The molecule has 8 aliphatic rings. The Labute approximate surface area is 604 Å². The summed E-state index contributed by atoms with van der Waals surface area (Å²) in [6.07, 6.45) is 19.9. The van der Waals surface area contributed by atoms with E-state index in [9.17, 15) is 14.4 Å². The maximum atomic E-state index is 11.7. The van der Waals surface area contributed by atoms with Gasteiger partial charge in [0, 0.05) is 146 Å². The predicted octanol–water partition coefficient (Wildman–Crippen LogP) is 11.7. The number of morpholine rings is 1. The maximum Gasteiger partial charge on any atom is 0.407 e. The van der Waals surface area contributed by atoms with Crippen molar-refractivity contribution in [3.63, 3.8) is 0 Å². The summed E-state index contributed by atoms with van der Waals surface area (Å²) < 4.78 is 10.7. The van der Waals surface area contributed by atoms with Crippen LogP contribution in [0.5, 0.6) is 0 Å². The van der Waals surface area contributed by atoms with Gasteiger partial charge in [-0.3, -0.25) is 44.2 Å². The van der Waals surface area contributed by atoms with Crippen LogP contribution in [-0.4, -0.2) is 255 Å². The molecular formula is C79H151N15O5. The number of rotatable bonds is 10. The summed E-state index contributed by atoms with van der Waals surface area (Å²) in [5.41, 5.74) is 20.5. The molecule has 2 aromatic rings. The van der Waals surface area contributed by atoms with E-state index < -0.39 is 5.60 Å². The SMILES string of the molecule is CC(C)(C)N1CCCC(C(N)=O)C1.CC(C)(C)N1CCCC(N)C1.CC(C)(C)OC(=O)NC1CCCN(C(C)(C)C)C1.CC(C)N1CCC(C(N)=O)CC1.CC(C)N1CCC(c2ccn[nH]2)CC1.CC(C)N1CCCC(N2CCOCC2)C1.Cc1ccc(C2CCCN(C(C)C)C2)nc1. The molecule has 2 aromatic heterocycles. The molecule has 0 aromatic carbocycles. The molecule has 99 heavy (non-hydrogen) atoms. The fourth-order valence-corrected chi connectivity index (χ4v) is 14.7. The first-order chi connectivity index (χ1) is 46.3. The molecule has 20 nitrogen and oxygen atoms in total. The number of nitrogens with two attached hydrogens (primary N) is 3. The number of amides is 3. The minimum Gasteiger partial charge on any atom is -0.444 e. The molecule has 5 unspecified atom stereocenters. The number of alkyl carbamates (subject to hydrolysis) is 1. The third kappa shape index (κ3) is 33.7. The van der Waals surface area contributed by atoms with Crippen molar-refractivity contribution >= 4 is 17.9 Å². The standard InChI is InChI=1S/C14H28N2O2.C14H22N2.C12H24N2O.C11H19N3.C10H20N2O.C9H18N2O.C9H20N2/c1-13(2,3)16-9-7-8-11(10-16)15-12(17)18-14(4,5)6;1-11(2)16-8-4-5-13(10-16)14-7-6-12(3)9-15-14;1-11(2)14-5-3-4-12(10-14)13-6-8-15-9-7-13;1-9(2)14-7-4-10(5-8-14)11-3-6-12-13-11;1-10(2,3)12-6-4-5-8(7-12)9(11)13;1-7(2)11-5-3-8(4-6-11)9(10)12;1-9(2,3)11-6-4-5-8(10)7-11/h11H,7-10H2,1-6H3,(H,15,17);6-7,9,11,13H,4-5,8,10H2,1-3H3;11-12H,3-10H2,1-2H3;3,6,9-10H,4-5,7-8H2,1-2H3,(H,12,13);8H,4-7H2,1-3H3,(H2,11,13);7-8H,3-6H2,1-2H3,(H2,10,12);8H,4-7,10H2,1-3H3. The molecule has 0 saturated carbocycles. The Hall–Kier alpha value is -3.83. The fraction of sp³-hybridized carbons (Fsp3) is 0.861. The number of carbonyl (C=O) groups is 3. The van der Waals surface area contributed by atoms with Gasteiger partial charge < -0.3 is 46.7 Å². The number of nitrogens with one attached hydrogen (secondary N) is 2. The molecule has 572 valence electrons. The number of aromatic amines is 1. The van der Waals surface area contributed by atoms with Crippen molar-refractivity contribution in [2.45, 2.75) is 312 Å². The van der Waals surface area contributed by atoms with Crippen molar-refractivity contribution < 1.29 is 23.9 Å². The highest BCUT2D eigenvalue weighted by Crippen LogP contribution is 2.30. The van der Waals surface area contributed by atoms with Gasteiger partial charge in [-0.25, -0.2) is 4.79 Å². The molecule has 3 amide bonds. The highest BCUT2D eigenvalue weighted by Gasteiger charge is 2.34. The summed E-state index contributed by atoms with van der Waals surface area (Å²) >= 11 is 0. The van der Waals surface area contributed by atoms with E-state index in [0.29, 0.717) is 47.6 Å². The summed E-state index contributed by atoms with van der Waals surface area (Å²) in [6.45, 7) is 65.6. The quantitative estimate of drug-likeness (QED) is 0.149. The van der Waals surface area contributed by atoms with Crippen LogP contribution in [-0.2, 0) is 19.1 Å². The van der Waals surface area contributed by atoms with Crippen LogP contribution in [0.25, 0.3) is 0 Å². The molecule has 5 atom stereocenters. The summed E-state index contributed by atoms with van der Waals surface area (Å²) in [5.74, 6) is 1.25. The molecular weight excluding hydrogens is 1240 g/mol. The third-order valence-corrected chi connectivity index (χ3v) is 21.4. The van der Waals surface area contributed by atoms with Gasteiger partial charge in [-0.15, -0.1) is 0 Å². The summed E-state index contributed by atoms with van der Waals surface area (Å²) in [7, 11) is 0. The van der Waals surface area contributed by atoms with E-state index in [-0.39, 0.29) is 46.9 Å². The van der Waals surface area contributed by atoms with Gasteiger partial charge in [-0.1, -0.05) is 6.07 Å². The Morgan fingerprint density at radius 1 is 0.525 bits per heavy atom. The van der Waals surface area contributed by atoms with Crippen molar-refractivity contribution in [2.24, 2.45) is 29.0 Å². The van der Waals surface area contributed by atoms with Crippen LogP contribution >= 0.6 is 0 Å². The number of H-pyrrole nitrogens is 1. The van der Waals surface area contributed by atoms with Crippen LogP contribution in [0.4, 0.5) is 4.79 Å². The van der Waals surface area contributed by atoms with Gasteiger partial charge in [0.15, 0.2) is 0 Å². The van der Waals surface area contributed by atoms with Gasteiger partial charge in [-0.2, -0.15) is 5.10 Å². The Kier molecular flexibility index (Phi) is 37.9. The van der Waals surface area contributed by atoms with Crippen molar-refractivity contribution in [1.29, 1.82) is 0 Å². The fourth-order valence-electron chi connectivity index (χ4n) is 14.7. The van der Waals surface area contributed by atoms with Crippen molar-refractivity contribution in [3.05, 3.63) is 47.5 Å². The molecule has 10 rings (SSSR count). The number of aryl methyl sites for hydroxylation is 1. The molecule has 0 radical (unpaired) electrons. The highest BCUT2D eigenvalue weighted by molar-refractivity contribution is 5.77. The monoisotopic (exact) mass is 1390 g/mol. The Balaban J connectivity index is 0.000000246. The van der Waals surface area contributed by atoms with Crippen LogP contribution in [0.15, 0.2) is 30.6 Å². The first-order valence-electron chi connectivity index (χ1n) is 39.1. The van der Waals surface area contributed by atoms with Crippen LogP contribution in [0.2, 0.25) is 0 Å². The second kappa shape index (κ2) is 42.8. The lowest BCUT2D eigenvalue weighted by atomic mass is 9.93. The van der Waals surface area contributed by atoms with Gasteiger partial charge in [0.05, 0.1) is 19.1 Å². The van der Waals surface area contributed by atoms with E-state index in [1.54, 1.807) is 0 Å². The normalized spacial score (nSPS) is 24.6. The number of primary amides is 2. The zero-order valence-corrected chi connectivity index (χ0v) is 67.1. The number of hydrogen-bond acceptors (Lipinski definition) is 16. The first-order valence-corrected chi connectivity index (χ1v) is 39.1. The number of aromatic nitrogens is 3. The van der Waals surface area contributed by atoms with E-state index in [1.807, 2.05) is 33.2 Å². The molecule has 8 fully saturated rings. The molecule has 10 heterocycles. The zero-order chi connectivity index (χ0) is 73.8. The van der Waals surface area contributed by atoms with Crippen LogP contribution < -0.4 is 22.5 Å². The Morgan fingerprint density at radius 2 is 1.01 bits per heavy atom. The summed E-state index contributed by atoms with van der Waals surface area (Å²) in [4.78, 5) is 58.1. The van der Waals surface area contributed by atoms with Gasteiger partial charge in [0.25, 0.3) is 0 Å². The van der Waals surface area contributed by atoms with Crippen molar-refractivity contribution in [3.8, 4) is 0 Å². The number of pyridine rings is 1. The summed E-state index contributed by atoms with van der Waals surface area (Å²) in [5, 5.41) is 10.1. The van der Waals surface area contributed by atoms with E-state index in [1.165, 1.54) is 114 Å². The molecule has 8 saturated heterocycles. The minimum atomic E-state index is -0.428. The van der Waals surface area contributed by atoms with E-state index in [4.69, 9.17) is 26.7 Å². The van der Waals surface area contributed by atoms with Crippen molar-refractivity contribution in [2.75, 3.05) is 118 Å². The van der Waals surface area contributed by atoms with E-state index in [2.05, 4.69) is 203 Å². The average Bonchev–Trinajstić information content (AvgIpc) is 1.68. The second-order valence-electron chi connectivity index (χ2n) is 34.9. The smallest absolute Gasteiger partial charge is 0.407 e. The molecule has 0 spiro atoms. The number of nitrogens with zero attached hydrogens (tertiary/aromatic N) is 10. The van der Waals surface area contributed by atoms with E-state index >= 15 is 0 Å². The van der Waals surface area contributed by atoms with Crippen LogP contribution in [0, 0.1) is 18.8 Å². The molecule has 0 aliphatic carbocycles. The number of likely N-dealkylation sites (tertiary alicyclic amines) is 7. The lowest BCUT2D eigenvalue weighted by Crippen LogP contribution is -2.54. The number of carbonyl (C=O) groups excluding carboxylic acids is 3. The predicted molar refractivity (Wildman–Crippen MR) is 411 cm³/mol. The number of ether oxygens (including phenoxy) is 2. The van der Waals surface area contributed by atoms with E-state index in [0.717, 1.165) is 117 Å². The van der Waals surface area contributed by atoms with Crippen molar-refractivity contribution in [1.82, 2.24) is 59.7 Å². The lowest BCUT2D eigenvalue weighted by Gasteiger charge is -2.42. The summed E-state index contributed by atoms with van der Waals surface area (Å²) in [6, 6.07) is 10.5. The van der Waals surface area contributed by atoms with Crippen LogP contribution in [0.3, 0.4) is 0 Å². The third-order valence-electron chi connectivity index (χ3n) is 21.4. The Morgan fingerprint density at radius 3 is 1.47 bits per heavy atom. The van der Waals surface area contributed by atoms with Gasteiger partial charge >= 0.3 is 6.09 Å².